The van der Waals surface area contributed by atoms with Gasteiger partial charge in [-0.1, -0.05) is 19.1 Å². The van der Waals surface area contributed by atoms with Crippen LogP contribution in [0.1, 0.15) is 50.9 Å². The van der Waals surface area contributed by atoms with E-state index < -0.39 is 56.4 Å². The van der Waals surface area contributed by atoms with Crippen LogP contribution in [0.25, 0.3) is 17.2 Å². The SMILES string of the molecule is CCCN(OCC)C(=O)C1=Cc2ccc(-c3cnc(CNC(=O)CCOCCOCCOCCOCCOCCOCCOCCOCCC(=O)Oc4c(F)c(F)c(S(=O)(=O)O)c(F)c4F)nc3)cc2N=C(N)C1. The fourth-order valence-corrected chi connectivity index (χ4v) is 6.98. The molecule has 3 aromatic rings. The largest absolute Gasteiger partial charge is 0.420 e. The second-order valence-corrected chi connectivity index (χ2v) is 16.8. The summed E-state index contributed by atoms with van der Waals surface area (Å²) in [7, 11) is -5.65. The van der Waals surface area contributed by atoms with Crippen molar-refractivity contribution < 1.29 is 92.4 Å². The number of benzene rings is 2. The van der Waals surface area contributed by atoms with Gasteiger partial charge >= 0.3 is 16.1 Å². The third-order valence-corrected chi connectivity index (χ3v) is 10.8. The van der Waals surface area contributed by atoms with E-state index in [1.165, 1.54) is 5.06 Å². The molecule has 0 atom stereocenters. The predicted molar refractivity (Wildman–Crippen MR) is 254 cm³/mol. The van der Waals surface area contributed by atoms with Crippen molar-refractivity contribution in [3.63, 3.8) is 0 Å². The Morgan fingerprint density at radius 2 is 1.19 bits per heavy atom. The van der Waals surface area contributed by atoms with Gasteiger partial charge in [-0.3, -0.25) is 23.8 Å². The number of esters is 1. The molecule has 2 aromatic carbocycles. The van der Waals surface area contributed by atoms with Crippen molar-refractivity contribution in [1.82, 2.24) is 20.3 Å². The molecule has 74 heavy (non-hydrogen) atoms. The van der Waals surface area contributed by atoms with Gasteiger partial charge in [0.15, 0.2) is 16.5 Å². The number of halogens is 4. The Morgan fingerprint density at radius 3 is 1.66 bits per heavy atom. The number of aliphatic imine (C=N–C) groups is 1. The first kappa shape index (κ1) is 61.0. The van der Waals surface area contributed by atoms with Crippen LogP contribution in [0.4, 0.5) is 23.2 Å². The highest BCUT2D eigenvalue weighted by Gasteiger charge is 2.34. The van der Waals surface area contributed by atoms with Gasteiger partial charge in [0, 0.05) is 48.5 Å². The minimum Gasteiger partial charge on any atom is -0.420 e. The number of amides is 2. The van der Waals surface area contributed by atoms with E-state index in [0.29, 0.717) is 102 Å². The number of hydrogen-bond acceptors (Lipinski definition) is 19. The molecule has 4 rings (SSSR count). The third-order valence-electron chi connectivity index (χ3n) is 9.88. The lowest BCUT2D eigenvalue weighted by Gasteiger charge is -2.21. The van der Waals surface area contributed by atoms with Crippen LogP contribution in [-0.2, 0) is 73.8 Å². The molecule has 4 N–H and O–H groups in total. The molecule has 0 spiro atoms. The van der Waals surface area contributed by atoms with Gasteiger partial charge in [0.2, 0.25) is 23.3 Å². The highest BCUT2D eigenvalue weighted by atomic mass is 32.2. The first-order valence-corrected chi connectivity index (χ1v) is 24.9. The summed E-state index contributed by atoms with van der Waals surface area (Å²) in [4.78, 5) is 54.0. The van der Waals surface area contributed by atoms with E-state index in [0.717, 1.165) is 23.1 Å². The number of ether oxygens (including phenoxy) is 9. The van der Waals surface area contributed by atoms with Crippen molar-refractivity contribution in [3.05, 3.63) is 70.8 Å². The molecule has 410 valence electrons. The van der Waals surface area contributed by atoms with E-state index in [-0.39, 0.29) is 70.8 Å². The van der Waals surface area contributed by atoms with Crippen LogP contribution in [0.15, 0.2) is 46.1 Å². The summed E-state index contributed by atoms with van der Waals surface area (Å²) in [6.45, 7) is 8.73. The van der Waals surface area contributed by atoms with Crippen LogP contribution in [0.3, 0.4) is 0 Å². The van der Waals surface area contributed by atoms with Crippen molar-refractivity contribution in [2.24, 2.45) is 10.7 Å². The van der Waals surface area contributed by atoms with Crippen molar-refractivity contribution >= 4 is 45.5 Å². The summed E-state index contributed by atoms with van der Waals surface area (Å²) in [6.07, 6.45) is 5.64. The molecule has 27 heteroatoms. The molecule has 1 aliphatic heterocycles. The van der Waals surface area contributed by atoms with Gasteiger partial charge in [-0.2, -0.15) is 17.2 Å². The maximum atomic E-state index is 14.0. The quantitative estimate of drug-likeness (QED) is 0.0140. The Hall–Kier alpha value is -5.59. The van der Waals surface area contributed by atoms with Gasteiger partial charge in [0.05, 0.1) is 131 Å². The molecule has 2 amide bonds. The monoisotopic (exact) mass is 1070 g/mol. The zero-order chi connectivity index (χ0) is 53.7. The number of fused-ring (bicyclic) bond motifs is 1. The number of nitrogens with one attached hydrogen (secondary N) is 1. The predicted octanol–water partition coefficient (Wildman–Crippen LogP) is 4.05. The van der Waals surface area contributed by atoms with E-state index in [2.05, 4.69) is 25.0 Å². The number of nitrogens with zero attached hydrogens (tertiary/aromatic N) is 4. The molecule has 2 heterocycles. The molecule has 0 bridgehead atoms. The van der Waals surface area contributed by atoms with Crippen LogP contribution in [-0.4, -0.2) is 170 Å². The Kier molecular flexibility index (Phi) is 27.5. The number of carbonyl (C=O) groups is 3. The van der Waals surface area contributed by atoms with E-state index in [4.69, 9.17) is 53.0 Å². The normalized spacial score (nSPS) is 12.5. The Balaban J connectivity index is 0.901. The van der Waals surface area contributed by atoms with Crippen LogP contribution in [0.2, 0.25) is 0 Å². The number of carbonyl (C=O) groups excluding carboxylic acids is 3. The number of aromatic nitrogens is 2. The molecule has 1 aliphatic rings. The fourth-order valence-electron chi connectivity index (χ4n) is 6.35. The standard InChI is InChI=1S/C47H62F4N6O16S/c1-3-9-57(72-4-2)47(60)34-26-33-6-5-32(27-36(33)56-37(52)28-34)35-29-53-38(54-30-35)31-55-39(58)7-10-64-12-14-66-16-18-68-20-22-70-24-25-71-23-21-69-19-17-67-15-13-65-11-8-40(59)73-45-41(48)43(50)46(74(61,62)63)44(51)42(45)49/h5-6,26-27,29-30H,3-4,7-25,28,31H2,1-2H3,(H2,52,56)(H,55,58)(H,61,62,63). The minimum absolute atomic E-state index is 0.0132. The van der Waals surface area contributed by atoms with Gasteiger partial charge in [0.25, 0.3) is 5.91 Å². The van der Waals surface area contributed by atoms with Gasteiger partial charge in [0.1, 0.15) is 11.7 Å². The minimum atomic E-state index is -5.65. The summed E-state index contributed by atoms with van der Waals surface area (Å²) in [5, 5.41) is 4.15. The summed E-state index contributed by atoms with van der Waals surface area (Å²) in [5.74, 6) is -12.4. The van der Waals surface area contributed by atoms with Crippen LogP contribution in [0, 0.1) is 23.3 Å². The lowest BCUT2D eigenvalue weighted by molar-refractivity contribution is -0.180. The van der Waals surface area contributed by atoms with Crippen molar-refractivity contribution in [3.8, 4) is 16.9 Å². The van der Waals surface area contributed by atoms with Crippen molar-refractivity contribution in [2.75, 3.05) is 119 Å². The summed E-state index contributed by atoms with van der Waals surface area (Å²) in [6, 6.07) is 5.63. The average molecular weight is 1080 g/mol. The van der Waals surface area contributed by atoms with Gasteiger partial charge in [-0.25, -0.2) is 28.8 Å². The Labute approximate surface area is 425 Å². The van der Waals surface area contributed by atoms with E-state index >= 15 is 0 Å². The second-order valence-electron chi connectivity index (χ2n) is 15.5. The number of rotatable bonds is 37. The summed E-state index contributed by atoms with van der Waals surface area (Å²) >= 11 is 0. The molecule has 0 unspecified atom stereocenters. The summed E-state index contributed by atoms with van der Waals surface area (Å²) < 4.78 is 134. The molecule has 0 radical (unpaired) electrons. The molecule has 22 nitrogen and oxygen atoms in total. The van der Waals surface area contributed by atoms with Crippen molar-refractivity contribution in [2.45, 2.75) is 51.0 Å². The lowest BCUT2D eigenvalue weighted by Crippen LogP contribution is -2.34. The third kappa shape index (κ3) is 21.3. The molecule has 1 aromatic heterocycles. The van der Waals surface area contributed by atoms with Crippen LogP contribution >= 0.6 is 0 Å². The van der Waals surface area contributed by atoms with Crippen molar-refractivity contribution in [1.29, 1.82) is 0 Å². The maximum Gasteiger partial charge on any atom is 0.313 e. The van der Waals surface area contributed by atoms with Gasteiger partial charge in [-0.15, -0.1) is 0 Å². The smallest absolute Gasteiger partial charge is 0.313 e. The molecule has 0 fully saturated rings. The highest BCUT2D eigenvalue weighted by Crippen LogP contribution is 2.34. The van der Waals surface area contributed by atoms with Gasteiger partial charge in [-0.05, 0) is 31.1 Å². The van der Waals surface area contributed by atoms with E-state index in [1.807, 2.05) is 32.0 Å². The molecular weight excluding hydrogens is 1010 g/mol. The van der Waals surface area contributed by atoms with E-state index in [1.54, 1.807) is 18.5 Å². The highest BCUT2D eigenvalue weighted by molar-refractivity contribution is 7.85. The molecule has 0 saturated carbocycles. The summed E-state index contributed by atoms with van der Waals surface area (Å²) in [5.41, 5.74) is 9.62. The lowest BCUT2D eigenvalue weighted by atomic mass is 10.0. The maximum absolute atomic E-state index is 14.0. The molecule has 0 aliphatic carbocycles. The number of nitrogens with two attached hydrogens (primary N) is 1. The topological polar surface area (TPSA) is 277 Å². The van der Waals surface area contributed by atoms with E-state index in [9.17, 15) is 40.4 Å². The fraction of sp³-hybridized carbons (Fsp3) is 0.532. The number of hydrogen-bond donors (Lipinski definition) is 3. The zero-order valence-corrected chi connectivity index (χ0v) is 41.9. The second kappa shape index (κ2) is 33.4. The molecular formula is C47H62F4N6O16S. The first-order valence-electron chi connectivity index (χ1n) is 23.5. The Bertz CT molecular complexity index is 2400. The van der Waals surface area contributed by atoms with Crippen LogP contribution in [0.5, 0.6) is 5.75 Å². The average Bonchev–Trinajstić information content (AvgIpc) is 3.54. The molecule has 0 saturated heterocycles. The van der Waals surface area contributed by atoms with Crippen LogP contribution < -0.4 is 15.8 Å². The Morgan fingerprint density at radius 1 is 0.703 bits per heavy atom. The number of hydroxylamine groups is 2. The number of amidine groups is 1. The van der Waals surface area contributed by atoms with Gasteiger partial charge < -0.3 is 53.7 Å². The first-order chi connectivity index (χ1) is 35.6. The zero-order valence-electron chi connectivity index (χ0n) is 41.1.